The van der Waals surface area contributed by atoms with E-state index in [-0.39, 0.29) is 16.5 Å². The maximum Gasteiger partial charge on any atom is 0.184 e. The highest BCUT2D eigenvalue weighted by Gasteiger charge is 2.30. The lowest BCUT2D eigenvalue weighted by molar-refractivity contribution is 0.143. The Bertz CT molecular complexity index is 554. The molecule has 0 radical (unpaired) electrons. The zero-order valence-corrected chi connectivity index (χ0v) is 13.5. The van der Waals surface area contributed by atoms with Crippen molar-refractivity contribution >= 4 is 32.2 Å². The van der Waals surface area contributed by atoms with Crippen LogP contribution in [0.1, 0.15) is 19.8 Å². The third-order valence-electron chi connectivity index (χ3n) is 3.56. The van der Waals surface area contributed by atoms with Crippen LogP contribution in [0.4, 0.5) is 10.8 Å². The number of hydrogen-bond donors (Lipinski definition) is 1. The molecule has 0 saturated carbocycles. The Kier molecular flexibility index (Phi) is 4.87. The molecule has 1 aromatic heterocycles. The van der Waals surface area contributed by atoms with Crippen LogP contribution in [-0.2, 0) is 14.6 Å². The van der Waals surface area contributed by atoms with Crippen molar-refractivity contribution in [2.75, 3.05) is 43.2 Å². The fraction of sp³-hybridized carbons (Fsp3) is 0.750. The topological polar surface area (TPSA) is 85.5 Å². The molecule has 1 aliphatic rings. The standard InChI is InChI=1S/C12H21N3O3S2/c1-3-20(16,17)10-11(13)14-19-12(10)15-6-4-5-9(7-15)8-18-2/h9H,3-8H2,1-2H3,(H2,13,14). The van der Waals surface area contributed by atoms with E-state index in [1.54, 1.807) is 14.0 Å². The first-order valence-corrected chi connectivity index (χ1v) is 9.14. The molecule has 1 aromatic rings. The summed E-state index contributed by atoms with van der Waals surface area (Å²) < 4.78 is 33.6. The van der Waals surface area contributed by atoms with Gasteiger partial charge in [-0.25, -0.2) is 8.42 Å². The van der Waals surface area contributed by atoms with Gasteiger partial charge in [-0.1, -0.05) is 6.92 Å². The molecule has 1 aliphatic heterocycles. The minimum atomic E-state index is -3.35. The van der Waals surface area contributed by atoms with Crippen molar-refractivity contribution in [2.24, 2.45) is 5.92 Å². The van der Waals surface area contributed by atoms with E-state index < -0.39 is 9.84 Å². The van der Waals surface area contributed by atoms with Crippen LogP contribution in [0.2, 0.25) is 0 Å². The highest BCUT2D eigenvalue weighted by molar-refractivity contribution is 7.91. The molecule has 1 fully saturated rings. The number of rotatable bonds is 5. The van der Waals surface area contributed by atoms with Crippen molar-refractivity contribution in [3.8, 4) is 0 Å². The number of piperidine rings is 1. The first kappa shape index (κ1) is 15.5. The monoisotopic (exact) mass is 319 g/mol. The number of anilines is 2. The normalized spacial score (nSPS) is 20.3. The Labute approximate surface area is 124 Å². The van der Waals surface area contributed by atoms with Crippen LogP contribution in [-0.4, -0.2) is 45.4 Å². The van der Waals surface area contributed by atoms with Crippen molar-refractivity contribution in [2.45, 2.75) is 24.7 Å². The van der Waals surface area contributed by atoms with Crippen LogP contribution < -0.4 is 10.6 Å². The van der Waals surface area contributed by atoms with Gasteiger partial charge >= 0.3 is 0 Å². The first-order chi connectivity index (χ1) is 9.49. The number of nitrogens with zero attached hydrogens (tertiary/aromatic N) is 2. The molecule has 6 nitrogen and oxygen atoms in total. The summed E-state index contributed by atoms with van der Waals surface area (Å²) in [5.41, 5.74) is 5.77. The summed E-state index contributed by atoms with van der Waals surface area (Å²) in [5.74, 6) is 0.591. The van der Waals surface area contributed by atoms with E-state index in [1.807, 2.05) is 0 Å². The number of hydrogen-bond acceptors (Lipinski definition) is 7. The Morgan fingerprint density at radius 3 is 2.95 bits per heavy atom. The van der Waals surface area contributed by atoms with Crippen LogP contribution in [0.5, 0.6) is 0 Å². The van der Waals surface area contributed by atoms with Crippen molar-refractivity contribution in [1.29, 1.82) is 0 Å². The van der Waals surface area contributed by atoms with Gasteiger partial charge in [-0.15, -0.1) is 0 Å². The van der Waals surface area contributed by atoms with E-state index in [1.165, 1.54) is 11.5 Å². The average molecular weight is 319 g/mol. The van der Waals surface area contributed by atoms with Gasteiger partial charge in [0.15, 0.2) is 15.7 Å². The minimum Gasteiger partial charge on any atom is -0.384 e. The fourth-order valence-corrected chi connectivity index (χ4v) is 4.89. The second-order valence-electron chi connectivity index (χ2n) is 5.02. The molecule has 1 unspecified atom stereocenters. The highest BCUT2D eigenvalue weighted by atomic mass is 32.2. The van der Waals surface area contributed by atoms with E-state index in [4.69, 9.17) is 10.5 Å². The molecule has 0 spiro atoms. The van der Waals surface area contributed by atoms with Gasteiger partial charge in [0, 0.05) is 20.2 Å². The molecule has 1 saturated heterocycles. The SMILES string of the molecule is CCS(=O)(=O)c1c(N)nsc1N1CCCC(COC)C1. The van der Waals surface area contributed by atoms with Crippen LogP contribution in [0.25, 0.3) is 0 Å². The summed E-state index contributed by atoms with van der Waals surface area (Å²) in [6, 6.07) is 0. The Balaban J connectivity index is 2.29. The van der Waals surface area contributed by atoms with Gasteiger partial charge in [-0.05, 0) is 30.3 Å². The summed E-state index contributed by atoms with van der Waals surface area (Å²) in [4.78, 5) is 2.30. The lowest BCUT2D eigenvalue weighted by Crippen LogP contribution is -2.37. The van der Waals surface area contributed by atoms with Crippen molar-refractivity contribution in [1.82, 2.24) is 4.37 Å². The van der Waals surface area contributed by atoms with E-state index in [2.05, 4.69) is 9.27 Å². The third-order valence-corrected chi connectivity index (χ3v) is 6.39. The highest BCUT2D eigenvalue weighted by Crippen LogP contribution is 2.37. The fourth-order valence-electron chi connectivity index (χ4n) is 2.54. The molecular formula is C12H21N3O3S2. The molecule has 2 heterocycles. The Hall–Kier alpha value is -0.860. The van der Waals surface area contributed by atoms with Crippen molar-refractivity contribution in [3.05, 3.63) is 0 Å². The predicted molar refractivity (Wildman–Crippen MR) is 81.1 cm³/mol. The molecule has 20 heavy (non-hydrogen) atoms. The molecule has 0 aliphatic carbocycles. The third kappa shape index (κ3) is 3.07. The molecule has 1 atom stereocenters. The summed E-state index contributed by atoms with van der Waals surface area (Å²) in [5, 5.41) is 0.685. The van der Waals surface area contributed by atoms with E-state index in [0.29, 0.717) is 17.5 Å². The second-order valence-corrected chi connectivity index (χ2v) is 7.98. The van der Waals surface area contributed by atoms with E-state index in [0.717, 1.165) is 25.9 Å². The molecule has 0 bridgehead atoms. The summed E-state index contributed by atoms with van der Waals surface area (Å²) in [7, 11) is -1.65. The van der Waals surface area contributed by atoms with Gasteiger partial charge in [0.1, 0.15) is 9.90 Å². The molecule has 8 heteroatoms. The Morgan fingerprint density at radius 2 is 2.30 bits per heavy atom. The maximum absolute atomic E-state index is 12.2. The van der Waals surface area contributed by atoms with Crippen LogP contribution >= 0.6 is 11.5 Å². The first-order valence-electron chi connectivity index (χ1n) is 6.71. The molecule has 2 N–H and O–H groups in total. The molecule has 2 rings (SSSR count). The molecular weight excluding hydrogens is 298 g/mol. The van der Waals surface area contributed by atoms with E-state index in [9.17, 15) is 8.42 Å². The second kappa shape index (κ2) is 6.28. The van der Waals surface area contributed by atoms with Gasteiger partial charge in [-0.3, -0.25) is 0 Å². The number of ether oxygens (including phenoxy) is 1. The quantitative estimate of drug-likeness (QED) is 0.882. The smallest absolute Gasteiger partial charge is 0.184 e. The van der Waals surface area contributed by atoms with Gasteiger partial charge in [0.25, 0.3) is 0 Å². The van der Waals surface area contributed by atoms with Gasteiger partial charge in [0.2, 0.25) is 0 Å². The van der Waals surface area contributed by atoms with Gasteiger partial charge < -0.3 is 15.4 Å². The summed E-state index contributed by atoms with van der Waals surface area (Å²) >= 11 is 1.18. The van der Waals surface area contributed by atoms with Crippen LogP contribution in [0.3, 0.4) is 0 Å². The number of aromatic nitrogens is 1. The predicted octanol–water partition coefficient (Wildman–Crippen LogP) is 1.38. The molecule has 0 aromatic carbocycles. The minimum absolute atomic E-state index is 0.0396. The Morgan fingerprint density at radius 1 is 1.55 bits per heavy atom. The largest absolute Gasteiger partial charge is 0.384 e. The maximum atomic E-state index is 12.2. The van der Waals surface area contributed by atoms with Crippen LogP contribution in [0, 0.1) is 5.92 Å². The van der Waals surface area contributed by atoms with Gasteiger partial charge in [-0.2, -0.15) is 4.37 Å². The number of nitrogens with two attached hydrogens (primary N) is 1. The number of nitrogen functional groups attached to an aromatic ring is 1. The molecule has 0 amide bonds. The average Bonchev–Trinajstić information content (AvgIpc) is 2.82. The number of methoxy groups -OCH3 is 1. The van der Waals surface area contributed by atoms with Gasteiger partial charge in [0.05, 0.1) is 12.4 Å². The zero-order chi connectivity index (χ0) is 14.8. The summed E-state index contributed by atoms with van der Waals surface area (Å²) in [6.07, 6.45) is 2.13. The zero-order valence-electron chi connectivity index (χ0n) is 11.8. The summed E-state index contributed by atoms with van der Waals surface area (Å²) in [6.45, 7) is 3.95. The van der Waals surface area contributed by atoms with Crippen LogP contribution in [0.15, 0.2) is 4.90 Å². The number of sulfone groups is 1. The lowest BCUT2D eigenvalue weighted by Gasteiger charge is -2.33. The molecule has 114 valence electrons. The van der Waals surface area contributed by atoms with Crippen molar-refractivity contribution in [3.63, 3.8) is 0 Å². The van der Waals surface area contributed by atoms with E-state index >= 15 is 0 Å². The van der Waals surface area contributed by atoms with Crippen molar-refractivity contribution < 1.29 is 13.2 Å². The lowest BCUT2D eigenvalue weighted by atomic mass is 9.99.